The van der Waals surface area contributed by atoms with Crippen LogP contribution < -0.4 is 5.32 Å². The molecule has 2 nitrogen and oxygen atoms in total. The Bertz CT molecular complexity index is 649. The molecule has 2 rings (SSSR count). The molecule has 0 radical (unpaired) electrons. The molecule has 1 N–H and O–H groups in total. The van der Waals surface area contributed by atoms with Crippen molar-refractivity contribution in [3.8, 4) is 0 Å². The van der Waals surface area contributed by atoms with E-state index in [-0.39, 0.29) is 5.91 Å². The van der Waals surface area contributed by atoms with Crippen LogP contribution >= 0.6 is 22.6 Å². The lowest BCUT2D eigenvalue weighted by molar-refractivity contribution is 0.102. The van der Waals surface area contributed by atoms with Crippen LogP contribution in [0.3, 0.4) is 0 Å². The van der Waals surface area contributed by atoms with Gasteiger partial charge < -0.3 is 5.32 Å². The topological polar surface area (TPSA) is 29.1 Å². The smallest absolute Gasteiger partial charge is 0.256 e. The second-order valence-corrected chi connectivity index (χ2v) is 5.58. The third-order valence-electron chi connectivity index (χ3n) is 3.11. The summed E-state index contributed by atoms with van der Waals surface area (Å²) >= 11 is 2.17. The number of carbonyl (C=O) groups excluding carboxylic acids is 1. The van der Waals surface area contributed by atoms with Crippen LogP contribution in [0.4, 0.5) is 5.69 Å². The van der Waals surface area contributed by atoms with Gasteiger partial charge in [-0.2, -0.15) is 0 Å². The molecule has 1 amide bonds. The van der Waals surface area contributed by atoms with Crippen molar-refractivity contribution in [1.29, 1.82) is 0 Å². The van der Waals surface area contributed by atoms with Crippen molar-refractivity contribution in [3.63, 3.8) is 0 Å². The number of aryl methyl sites for hydroxylation is 1. The quantitative estimate of drug-likeness (QED) is 0.766. The SMILES string of the molecule is C=Cc1cc(CC)ccc1NC(=O)c1ccccc1I. The number of halogens is 1. The first-order valence-corrected chi connectivity index (χ1v) is 7.54. The van der Waals surface area contributed by atoms with Crippen molar-refractivity contribution in [3.05, 3.63) is 69.3 Å². The molecule has 0 atom stereocenters. The zero-order chi connectivity index (χ0) is 14.5. The molecule has 0 saturated carbocycles. The van der Waals surface area contributed by atoms with Crippen molar-refractivity contribution in [2.75, 3.05) is 5.32 Å². The van der Waals surface area contributed by atoms with E-state index in [2.05, 4.69) is 47.5 Å². The summed E-state index contributed by atoms with van der Waals surface area (Å²) in [5.74, 6) is -0.0950. The van der Waals surface area contributed by atoms with Crippen molar-refractivity contribution < 1.29 is 4.79 Å². The van der Waals surface area contributed by atoms with Gasteiger partial charge in [-0.3, -0.25) is 4.79 Å². The second-order valence-electron chi connectivity index (χ2n) is 4.41. The molecule has 0 spiro atoms. The molecule has 0 saturated heterocycles. The Labute approximate surface area is 133 Å². The Hall–Kier alpha value is -1.62. The molecule has 2 aromatic rings. The highest BCUT2D eigenvalue weighted by molar-refractivity contribution is 14.1. The number of hydrogen-bond acceptors (Lipinski definition) is 1. The van der Waals surface area contributed by atoms with Gasteiger partial charge in [-0.25, -0.2) is 0 Å². The van der Waals surface area contributed by atoms with Gasteiger partial charge in [-0.1, -0.05) is 37.8 Å². The van der Waals surface area contributed by atoms with E-state index in [0.717, 1.165) is 21.2 Å². The highest BCUT2D eigenvalue weighted by Gasteiger charge is 2.11. The Morgan fingerprint density at radius 1 is 1.30 bits per heavy atom. The zero-order valence-electron chi connectivity index (χ0n) is 11.3. The van der Waals surface area contributed by atoms with Crippen LogP contribution in [0.25, 0.3) is 6.08 Å². The molecule has 2 aromatic carbocycles. The lowest BCUT2D eigenvalue weighted by Gasteiger charge is -2.11. The molecule has 0 aliphatic carbocycles. The molecule has 0 aliphatic heterocycles. The van der Waals surface area contributed by atoms with Crippen LogP contribution in [0.1, 0.15) is 28.4 Å². The highest BCUT2D eigenvalue weighted by atomic mass is 127. The van der Waals surface area contributed by atoms with E-state index in [1.54, 1.807) is 6.08 Å². The molecule has 0 heterocycles. The second kappa shape index (κ2) is 6.70. The highest BCUT2D eigenvalue weighted by Crippen LogP contribution is 2.21. The maximum atomic E-state index is 12.3. The van der Waals surface area contributed by atoms with Crippen molar-refractivity contribution in [2.45, 2.75) is 13.3 Å². The van der Waals surface area contributed by atoms with E-state index in [1.165, 1.54) is 5.56 Å². The molecule has 0 aromatic heterocycles. The molecule has 20 heavy (non-hydrogen) atoms. The summed E-state index contributed by atoms with van der Waals surface area (Å²) in [6.45, 7) is 5.92. The number of amides is 1. The van der Waals surface area contributed by atoms with Crippen molar-refractivity contribution >= 4 is 40.3 Å². The number of benzene rings is 2. The maximum absolute atomic E-state index is 12.3. The predicted octanol–water partition coefficient (Wildman–Crippen LogP) is 4.75. The van der Waals surface area contributed by atoms with Crippen LogP contribution in [0.2, 0.25) is 0 Å². The fraction of sp³-hybridized carbons (Fsp3) is 0.118. The largest absolute Gasteiger partial charge is 0.321 e. The lowest BCUT2D eigenvalue weighted by atomic mass is 10.1. The van der Waals surface area contributed by atoms with Gasteiger partial charge in [0.05, 0.1) is 5.56 Å². The maximum Gasteiger partial charge on any atom is 0.256 e. The Morgan fingerprint density at radius 3 is 2.70 bits per heavy atom. The lowest BCUT2D eigenvalue weighted by Crippen LogP contribution is -2.14. The van der Waals surface area contributed by atoms with E-state index >= 15 is 0 Å². The summed E-state index contributed by atoms with van der Waals surface area (Å²) in [5.41, 5.74) is 3.65. The predicted molar refractivity (Wildman–Crippen MR) is 93.0 cm³/mol. The van der Waals surface area contributed by atoms with Crippen LogP contribution in [-0.2, 0) is 6.42 Å². The van der Waals surface area contributed by atoms with Crippen molar-refractivity contribution in [2.24, 2.45) is 0 Å². The summed E-state index contributed by atoms with van der Waals surface area (Å²) in [6.07, 6.45) is 2.73. The van der Waals surface area contributed by atoms with Gasteiger partial charge in [0, 0.05) is 9.26 Å². The van der Waals surface area contributed by atoms with Gasteiger partial charge in [-0.05, 0) is 64.4 Å². The minimum atomic E-state index is -0.0950. The third kappa shape index (κ3) is 3.28. The van der Waals surface area contributed by atoms with E-state index in [0.29, 0.717) is 5.56 Å². The minimum absolute atomic E-state index is 0.0950. The Balaban J connectivity index is 2.28. The van der Waals surface area contributed by atoms with Gasteiger partial charge in [0.15, 0.2) is 0 Å². The monoisotopic (exact) mass is 377 g/mol. The van der Waals surface area contributed by atoms with Crippen LogP contribution in [-0.4, -0.2) is 5.91 Å². The average molecular weight is 377 g/mol. The molecule has 3 heteroatoms. The van der Waals surface area contributed by atoms with E-state index in [1.807, 2.05) is 36.4 Å². The van der Waals surface area contributed by atoms with Gasteiger partial charge in [-0.15, -0.1) is 0 Å². The fourth-order valence-electron chi connectivity index (χ4n) is 1.95. The summed E-state index contributed by atoms with van der Waals surface area (Å²) in [5, 5.41) is 2.95. The molecular weight excluding hydrogens is 361 g/mol. The summed E-state index contributed by atoms with van der Waals surface area (Å²) in [4.78, 5) is 12.3. The summed E-state index contributed by atoms with van der Waals surface area (Å²) in [6, 6.07) is 13.5. The minimum Gasteiger partial charge on any atom is -0.321 e. The number of hydrogen-bond donors (Lipinski definition) is 1. The number of carbonyl (C=O) groups is 1. The van der Waals surface area contributed by atoms with Crippen molar-refractivity contribution in [1.82, 2.24) is 0 Å². The number of rotatable bonds is 4. The summed E-state index contributed by atoms with van der Waals surface area (Å²) < 4.78 is 0.938. The van der Waals surface area contributed by atoms with Crippen LogP contribution in [0.5, 0.6) is 0 Å². The van der Waals surface area contributed by atoms with E-state index < -0.39 is 0 Å². The van der Waals surface area contributed by atoms with Crippen LogP contribution in [0, 0.1) is 3.57 Å². The first-order valence-electron chi connectivity index (χ1n) is 6.47. The first kappa shape index (κ1) is 14.8. The van der Waals surface area contributed by atoms with Gasteiger partial charge in [0.2, 0.25) is 0 Å². The zero-order valence-corrected chi connectivity index (χ0v) is 13.5. The number of anilines is 1. The first-order chi connectivity index (χ1) is 9.65. The average Bonchev–Trinajstić information content (AvgIpc) is 2.48. The standard InChI is InChI=1S/C17H16INO/c1-3-12-9-10-16(13(4-2)11-12)19-17(20)14-7-5-6-8-15(14)18/h4-11H,2-3H2,1H3,(H,19,20). The molecular formula is C17H16INO. The van der Waals surface area contributed by atoms with Gasteiger partial charge in [0.1, 0.15) is 0 Å². The normalized spacial score (nSPS) is 10.1. The van der Waals surface area contributed by atoms with E-state index in [9.17, 15) is 4.79 Å². The molecule has 0 bridgehead atoms. The third-order valence-corrected chi connectivity index (χ3v) is 4.05. The summed E-state index contributed by atoms with van der Waals surface area (Å²) in [7, 11) is 0. The Morgan fingerprint density at radius 2 is 2.05 bits per heavy atom. The fourth-order valence-corrected chi connectivity index (χ4v) is 2.58. The molecule has 0 aliphatic rings. The molecule has 0 fully saturated rings. The molecule has 0 unspecified atom stereocenters. The van der Waals surface area contributed by atoms with Crippen LogP contribution in [0.15, 0.2) is 49.0 Å². The Kier molecular flexibility index (Phi) is 4.95. The molecule has 102 valence electrons. The van der Waals surface area contributed by atoms with Gasteiger partial charge in [0.25, 0.3) is 5.91 Å². The van der Waals surface area contributed by atoms with Gasteiger partial charge >= 0.3 is 0 Å². The number of nitrogens with one attached hydrogen (secondary N) is 1. The van der Waals surface area contributed by atoms with E-state index in [4.69, 9.17) is 0 Å².